The Bertz CT molecular complexity index is 574. The number of nitrogens with one attached hydrogen (secondary N) is 1. The Morgan fingerprint density at radius 1 is 1.36 bits per heavy atom. The van der Waals surface area contributed by atoms with Gasteiger partial charge in [0.05, 0.1) is 6.61 Å². The number of halogens is 1. The Balaban J connectivity index is 1.50. The number of benzene rings is 1. The second kappa shape index (κ2) is 6.67. The van der Waals surface area contributed by atoms with Crippen molar-refractivity contribution in [2.75, 3.05) is 24.7 Å². The van der Waals surface area contributed by atoms with Gasteiger partial charge in [0, 0.05) is 17.3 Å². The van der Waals surface area contributed by atoms with Crippen LogP contribution in [0.3, 0.4) is 0 Å². The van der Waals surface area contributed by atoms with Crippen LogP contribution in [-0.4, -0.2) is 37.6 Å². The summed E-state index contributed by atoms with van der Waals surface area (Å²) in [5, 5.41) is 3.34. The zero-order valence-corrected chi connectivity index (χ0v) is 13.0. The fourth-order valence-electron chi connectivity index (χ4n) is 2.55. The highest BCUT2D eigenvalue weighted by molar-refractivity contribution is 6.31. The molecular formula is C16H19ClN2O3. The minimum atomic E-state index is -0.476. The van der Waals surface area contributed by atoms with E-state index < -0.39 is 6.04 Å². The summed E-state index contributed by atoms with van der Waals surface area (Å²) in [6.07, 6.45) is 2.98. The average molecular weight is 323 g/mol. The molecule has 1 atom stereocenters. The third-order valence-corrected chi connectivity index (χ3v) is 4.18. The summed E-state index contributed by atoms with van der Waals surface area (Å²) in [6.45, 7) is 1.24. The topological polar surface area (TPSA) is 58.6 Å². The summed E-state index contributed by atoms with van der Waals surface area (Å²) in [5.74, 6) is 0.295. The first-order valence-electron chi connectivity index (χ1n) is 7.57. The monoisotopic (exact) mass is 322 g/mol. The fourth-order valence-corrected chi connectivity index (χ4v) is 2.74. The molecule has 0 unspecified atom stereocenters. The smallest absolute Gasteiger partial charge is 0.249 e. The SMILES string of the molecule is O=C(COCC1CC1)N[C@H]1CCN(c2cccc(Cl)c2)C1=O. The summed E-state index contributed by atoms with van der Waals surface area (Å²) in [6, 6.07) is 6.69. The molecule has 1 aromatic carbocycles. The summed E-state index contributed by atoms with van der Waals surface area (Å²) < 4.78 is 5.34. The molecule has 6 heteroatoms. The molecule has 0 bridgehead atoms. The summed E-state index contributed by atoms with van der Waals surface area (Å²) >= 11 is 5.96. The van der Waals surface area contributed by atoms with Crippen LogP contribution in [-0.2, 0) is 14.3 Å². The Labute approximate surface area is 134 Å². The molecule has 1 saturated heterocycles. The zero-order chi connectivity index (χ0) is 15.5. The maximum absolute atomic E-state index is 12.4. The van der Waals surface area contributed by atoms with E-state index in [1.54, 1.807) is 17.0 Å². The Morgan fingerprint density at radius 2 is 2.18 bits per heavy atom. The van der Waals surface area contributed by atoms with Crippen LogP contribution in [0.1, 0.15) is 19.3 Å². The van der Waals surface area contributed by atoms with Crippen molar-refractivity contribution in [1.82, 2.24) is 5.32 Å². The standard InChI is InChI=1S/C16H19ClN2O3/c17-12-2-1-3-13(8-12)19-7-6-14(16(19)21)18-15(20)10-22-9-11-4-5-11/h1-3,8,11,14H,4-7,9-10H2,(H,18,20)/t14-/m0/s1. The van der Waals surface area contributed by atoms with Gasteiger partial charge in [-0.2, -0.15) is 0 Å². The lowest BCUT2D eigenvalue weighted by Gasteiger charge is -2.17. The van der Waals surface area contributed by atoms with E-state index in [4.69, 9.17) is 16.3 Å². The van der Waals surface area contributed by atoms with E-state index in [2.05, 4.69) is 5.32 Å². The highest BCUT2D eigenvalue weighted by Gasteiger charge is 2.33. The molecule has 1 aromatic rings. The Kier molecular flexibility index (Phi) is 4.64. The number of anilines is 1. The first-order chi connectivity index (χ1) is 10.6. The summed E-state index contributed by atoms with van der Waals surface area (Å²) in [4.78, 5) is 25.8. The quantitative estimate of drug-likeness (QED) is 0.871. The number of nitrogens with zero attached hydrogens (tertiary/aromatic N) is 1. The van der Waals surface area contributed by atoms with Crippen LogP contribution in [0.25, 0.3) is 0 Å². The molecule has 2 aliphatic rings. The third kappa shape index (κ3) is 3.78. The fraction of sp³-hybridized carbons (Fsp3) is 0.500. The number of hydrogen-bond acceptors (Lipinski definition) is 3. The van der Waals surface area contributed by atoms with Gasteiger partial charge in [0.15, 0.2) is 0 Å². The van der Waals surface area contributed by atoms with Crippen molar-refractivity contribution in [3.05, 3.63) is 29.3 Å². The van der Waals surface area contributed by atoms with Crippen LogP contribution in [0.5, 0.6) is 0 Å². The van der Waals surface area contributed by atoms with Crippen molar-refractivity contribution >= 4 is 29.1 Å². The molecule has 118 valence electrons. The van der Waals surface area contributed by atoms with Crippen molar-refractivity contribution in [1.29, 1.82) is 0 Å². The number of ether oxygens (including phenoxy) is 1. The lowest BCUT2D eigenvalue weighted by atomic mass is 10.2. The van der Waals surface area contributed by atoms with Crippen LogP contribution in [0.2, 0.25) is 5.02 Å². The van der Waals surface area contributed by atoms with E-state index in [1.165, 1.54) is 12.8 Å². The number of carbonyl (C=O) groups is 2. The van der Waals surface area contributed by atoms with E-state index >= 15 is 0 Å². The number of carbonyl (C=O) groups excluding carboxylic acids is 2. The van der Waals surface area contributed by atoms with Crippen molar-refractivity contribution in [3.63, 3.8) is 0 Å². The number of amides is 2. The van der Waals surface area contributed by atoms with Gasteiger partial charge in [-0.1, -0.05) is 17.7 Å². The summed E-state index contributed by atoms with van der Waals surface area (Å²) in [7, 11) is 0. The molecule has 0 radical (unpaired) electrons. The van der Waals surface area contributed by atoms with Gasteiger partial charge < -0.3 is 15.0 Å². The number of rotatable bonds is 6. The first-order valence-corrected chi connectivity index (χ1v) is 7.95. The molecule has 5 nitrogen and oxygen atoms in total. The van der Waals surface area contributed by atoms with Gasteiger partial charge in [-0.25, -0.2) is 0 Å². The molecule has 2 amide bonds. The van der Waals surface area contributed by atoms with Crippen LogP contribution >= 0.6 is 11.6 Å². The minimum absolute atomic E-state index is 0.0252. The van der Waals surface area contributed by atoms with Gasteiger partial charge in [-0.05, 0) is 43.4 Å². The van der Waals surface area contributed by atoms with Gasteiger partial charge >= 0.3 is 0 Å². The Morgan fingerprint density at radius 3 is 2.91 bits per heavy atom. The lowest BCUT2D eigenvalue weighted by Crippen LogP contribution is -2.43. The van der Waals surface area contributed by atoms with Crippen LogP contribution in [0.15, 0.2) is 24.3 Å². The maximum Gasteiger partial charge on any atom is 0.249 e. The number of hydrogen-bond donors (Lipinski definition) is 1. The van der Waals surface area contributed by atoms with Crippen molar-refractivity contribution in [2.45, 2.75) is 25.3 Å². The molecule has 1 N–H and O–H groups in total. The average Bonchev–Trinajstić information content (AvgIpc) is 3.24. The molecule has 0 spiro atoms. The molecule has 3 rings (SSSR count). The van der Waals surface area contributed by atoms with Gasteiger partial charge in [0.2, 0.25) is 11.8 Å². The molecule has 2 fully saturated rings. The van der Waals surface area contributed by atoms with E-state index in [0.717, 1.165) is 5.69 Å². The van der Waals surface area contributed by atoms with Crippen molar-refractivity contribution in [2.24, 2.45) is 5.92 Å². The van der Waals surface area contributed by atoms with Crippen molar-refractivity contribution in [3.8, 4) is 0 Å². The highest BCUT2D eigenvalue weighted by Crippen LogP contribution is 2.28. The molecule has 1 aliphatic heterocycles. The maximum atomic E-state index is 12.4. The highest BCUT2D eigenvalue weighted by atomic mass is 35.5. The largest absolute Gasteiger partial charge is 0.371 e. The van der Waals surface area contributed by atoms with Crippen LogP contribution in [0, 0.1) is 5.92 Å². The molecule has 1 heterocycles. The zero-order valence-electron chi connectivity index (χ0n) is 12.3. The first kappa shape index (κ1) is 15.3. The van der Waals surface area contributed by atoms with Gasteiger partial charge in [-0.15, -0.1) is 0 Å². The molecule has 22 heavy (non-hydrogen) atoms. The lowest BCUT2D eigenvalue weighted by molar-refractivity contribution is -0.129. The predicted molar refractivity (Wildman–Crippen MR) is 83.9 cm³/mol. The molecule has 1 saturated carbocycles. The van der Waals surface area contributed by atoms with Crippen LogP contribution in [0.4, 0.5) is 5.69 Å². The Hall–Kier alpha value is -1.59. The molecule has 1 aliphatic carbocycles. The summed E-state index contributed by atoms with van der Waals surface area (Å²) in [5.41, 5.74) is 0.763. The molecule has 0 aromatic heterocycles. The van der Waals surface area contributed by atoms with Gasteiger partial charge in [0.1, 0.15) is 12.6 Å². The van der Waals surface area contributed by atoms with E-state index in [9.17, 15) is 9.59 Å². The predicted octanol–water partition coefficient (Wildman–Crippen LogP) is 1.99. The van der Waals surface area contributed by atoms with Crippen molar-refractivity contribution < 1.29 is 14.3 Å². The minimum Gasteiger partial charge on any atom is -0.371 e. The third-order valence-electron chi connectivity index (χ3n) is 3.94. The molecular weight excluding hydrogens is 304 g/mol. The van der Waals surface area contributed by atoms with E-state index in [0.29, 0.717) is 30.5 Å². The van der Waals surface area contributed by atoms with E-state index in [1.807, 2.05) is 12.1 Å². The van der Waals surface area contributed by atoms with Gasteiger partial charge in [0.25, 0.3) is 0 Å². The second-order valence-electron chi connectivity index (χ2n) is 5.84. The van der Waals surface area contributed by atoms with Gasteiger partial charge in [-0.3, -0.25) is 9.59 Å². The van der Waals surface area contributed by atoms with Crippen LogP contribution < -0.4 is 10.2 Å². The normalized spacial score (nSPS) is 21.2. The van der Waals surface area contributed by atoms with E-state index in [-0.39, 0.29) is 18.4 Å². The second-order valence-corrected chi connectivity index (χ2v) is 6.27.